The van der Waals surface area contributed by atoms with Crippen LogP contribution in [-0.4, -0.2) is 24.7 Å². The highest BCUT2D eigenvalue weighted by Gasteiger charge is 2.09. The van der Waals surface area contributed by atoms with Gasteiger partial charge in [0.1, 0.15) is 22.5 Å². The van der Waals surface area contributed by atoms with Gasteiger partial charge in [-0.2, -0.15) is 0 Å². The predicted molar refractivity (Wildman–Crippen MR) is 64.4 cm³/mol. The molecule has 0 saturated heterocycles. The van der Waals surface area contributed by atoms with Crippen molar-refractivity contribution in [2.24, 2.45) is 12.9 Å². The van der Waals surface area contributed by atoms with Crippen LogP contribution in [0.15, 0.2) is 16.2 Å². The predicted octanol–water partition coefficient (Wildman–Crippen LogP) is 0.659. The number of hydrazine groups is 1. The van der Waals surface area contributed by atoms with Crippen molar-refractivity contribution in [3.05, 3.63) is 17.7 Å². The van der Waals surface area contributed by atoms with Crippen LogP contribution in [0.3, 0.4) is 0 Å². The van der Waals surface area contributed by atoms with Gasteiger partial charge in [-0.1, -0.05) is 0 Å². The highest BCUT2D eigenvalue weighted by molar-refractivity contribution is 7.99. The summed E-state index contributed by atoms with van der Waals surface area (Å²) in [5.74, 6) is 7.43. The highest BCUT2D eigenvalue weighted by Crippen LogP contribution is 2.25. The Kier molecular flexibility index (Phi) is 3.25. The zero-order chi connectivity index (χ0) is 12.4. The number of anilines is 1. The molecule has 8 heteroatoms. The van der Waals surface area contributed by atoms with E-state index < -0.39 is 0 Å². The molecule has 0 aromatic carbocycles. The molecule has 0 saturated carbocycles. The molecule has 0 aliphatic heterocycles. The Bertz CT molecular complexity index is 536. The number of nitrogen functional groups attached to an aromatic ring is 1. The van der Waals surface area contributed by atoms with Gasteiger partial charge >= 0.3 is 0 Å². The summed E-state index contributed by atoms with van der Waals surface area (Å²) in [6, 6.07) is 1.77. The molecule has 0 bridgehead atoms. The van der Waals surface area contributed by atoms with Gasteiger partial charge in [0.2, 0.25) is 0 Å². The van der Waals surface area contributed by atoms with Gasteiger partial charge in [-0.3, -0.25) is 0 Å². The SMILES string of the molecule is Cc1nc(NN)cc(Sc2nnc(C)n2C)n1. The van der Waals surface area contributed by atoms with E-state index in [-0.39, 0.29) is 0 Å². The Balaban J connectivity index is 2.29. The number of aryl methyl sites for hydroxylation is 2. The van der Waals surface area contributed by atoms with Crippen molar-refractivity contribution in [1.29, 1.82) is 0 Å². The molecule has 0 atom stereocenters. The Labute approximate surface area is 103 Å². The Hall–Kier alpha value is -1.67. The lowest BCUT2D eigenvalue weighted by atomic mass is 10.5. The molecule has 2 heterocycles. The fraction of sp³-hybridized carbons (Fsp3) is 0.333. The summed E-state index contributed by atoms with van der Waals surface area (Å²) in [7, 11) is 1.91. The summed E-state index contributed by atoms with van der Waals surface area (Å²) >= 11 is 1.42. The number of nitrogens with zero attached hydrogens (tertiary/aromatic N) is 5. The van der Waals surface area contributed by atoms with Crippen molar-refractivity contribution >= 4 is 17.6 Å². The quantitative estimate of drug-likeness (QED) is 0.470. The zero-order valence-electron chi connectivity index (χ0n) is 9.80. The number of aromatic nitrogens is 5. The first-order chi connectivity index (χ1) is 8.10. The second-order valence-corrected chi connectivity index (χ2v) is 4.46. The lowest BCUT2D eigenvalue weighted by Crippen LogP contribution is -2.09. The average molecular weight is 251 g/mol. The Morgan fingerprint density at radius 3 is 2.65 bits per heavy atom. The first-order valence-corrected chi connectivity index (χ1v) is 5.78. The van der Waals surface area contributed by atoms with Crippen LogP contribution in [-0.2, 0) is 7.05 Å². The van der Waals surface area contributed by atoms with Crippen LogP contribution in [0.4, 0.5) is 5.82 Å². The van der Waals surface area contributed by atoms with Gasteiger partial charge in [0, 0.05) is 13.1 Å². The summed E-state index contributed by atoms with van der Waals surface area (Å²) < 4.78 is 1.90. The second-order valence-electron chi connectivity index (χ2n) is 3.47. The smallest absolute Gasteiger partial charge is 0.197 e. The lowest BCUT2D eigenvalue weighted by molar-refractivity contribution is 0.764. The van der Waals surface area contributed by atoms with Gasteiger partial charge in [0.05, 0.1) is 0 Å². The molecule has 0 fully saturated rings. The Morgan fingerprint density at radius 2 is 2.06 bits per heavy atom. The van der Waals surface area contributed by atoms with Crippen LogP contribution in [0.25, 0.3) is 0 Å². The molecule has 0 unspecified atom stereocenters. The topological polar surface area (TPSA) is 94.5 Å². The fourth-order valence-corrected chi connectivity index (χ4v) is 2.12. The van der Waals surface area contributed by atoms with Gasteiger partial charge in [-0.15, -0.1) is 10.2 Å². The normalized spacial score (nSPS) is 10.6. The van der Waals surface area contributed by atoms with E-state index in [4.69, 9.17) is 5.84 Å². The lowest BCUT2D eigenvalue weighted by Gasteiger charge is -2.04. The fourth-order valence-electron chi connectivity index (χ4n) is 1.24. The van der Waals surface area contributed by atoms with Gasteiger partial charge in [-0.05, 0) is 25.6 Å². The Morgan fingerprint density at radius 1 is 1.29 bits per heavy atom. The van der Waals surface area contributed by atoms with Crippen LogP contribution >= 0.6 is 11.8 Å². The second kappa shape index (κ2) is 4.68. The number of hydrogen-bond donors (Lipinski definition) is 2. The average Bonchev–Trinajstić information content (AvgIpc) is 2.60. The minimum absolute atomic E-state index is 0.582. The van der Waals surface area contributed by atoms with Crippen molar-refractivity contribution in [2.45, 2.75) is 24.0 Å². The molecular weight excluding hydrogens is 238 g/mol. The number of nitrogens with two attached hydrogens (primary N) is 1. The van der Waals surface area contributed by atoms with E-state index in [1.54, 1.807) is 6.07 Å². The molecule has 0 aliphatic rings. The summed E-state index contributed by atoms with van der Waals surface area (Å²) in [5.41, 5.74) is 2.51. The first-order valence-electron chi connectivity index (χ1n) is 4.96. The van der Waals surface area contributed by atoms with E-state index in [0.29, 0.717) is 11.6 Å². The number of hydrogen-bond acceptors (Lipinski definition) is 7. The van der Waals surface area contributed by atoms with Crippen LogP contribution in [0, 0.1) is 13.8 Å². The third-order valence-corrected chi connectivity index (χ3v) is 3.17. The molecule has 90 valence electrons. The number of rotatable bonds is 3. The van der Waals surface area contributed by atoms with Crippen molar-refractivity contribution < 1.29 is 0 Å². The highest BCUT2D eigenvalue weighted by atomic mass is 32.2. The van der Waals surface area contributed by atoms with E-state index in [1.165, 1.54) is 11.8 Å². The van der Waals surface area contributed by atoms with Crippen LogP contribution in [0.2, 0.25) is 0 Å². The molecule has 0 spiro atoms. The molecule has 2 aromatic rings. The largest absolute Gasteiger partial charge is 0.309 e. The molecule has 2 rings (SSSR count). The van der Waals surface area contributed by atoms with E-state index in [2.05, 4.69) is 25.6 Å². The van der Waals surface area contributed by atoms with Crippen molar-refractivity contribution in [3.63, 3.8) is 0 Å². The standard InChI is InChI=1S/C9H13N7S/c1-5-11-7(13-10)4-8(12-5)17-9-15-14-6(2)16(9)3/h4H,10H2,1-3H3,(H,11,12,13). The van der Waals surface area contributed by atoms with Crippen LogP contribution in [0.5, 0.6) is 0 Å². The zero-order valence-corrected chi connectivity index (χ0v) is 10.6. The molecule has 17 heavy (non-hydrogen) atoms. The third kappa shape index (κ3) is 2.53. The van der Waals surface area contributed by atoms with Crippen molar-refractivity contribution in [2.75, 3.05) is 5.43 Å². The molecular formula is C9H13N7S. The van der Waals surface area contributed by atoms with Crippen LogP contribution < -0.4 is 11.3 Å². The summed E-state index contributed by atoms with van der Waals surface area (Å²) in [4.78, 5) is 8.42. The van der Waals surface area contributed by atoms with E-state index in [9.17, 15) is 0 Å². The maximum Gasteiger partial charge on any atom is 0.197 e. The van der Waals surface area contributed by atoms with Crippen LogP contribution in [0.1, 0.15) is 11.6 Å². The maximum absolute atomic E-state index is 5.33. The first kappa shape index (κ1) is 11.8. The maximum atomic E-state index is 5.33. The van der Waals surface area contributed by atoms with Gasteiger partial charge < -0.3 is 9.99 Å². The number of nitrogens with one attached hydrogen (secondary N) is 1. The van der Waals surface area contributed by atoms with Crippen molar-refractivity contribution in [1.82, 2.24) is 24.7 Å². The summed E-state index contributed by atoms with van der Waals surface area (Å²) in [6.07, 6.45) is 0. The monoisotopic (exact) mass is 251 g/mol. The van der Waals surface area contributed by atoms with E-state index >= 15 is 0 Å². The molecule has 0 aliphatic carbocycles. The van der Waals surface area contributed by atoms with Gasteiger partial charge in [0.25, 0.3) is 0 Å². The summed E-state index contributed by atoms with van der Waals surface area (Å²) in [6.45, 7) is 3.71. The minimum Gasteiger partial charge on any atom is -0.309 e. The molecule has 7 nitrogen and oxygen atoms in total. The molecule has 0 amide bonds. The van der Waals surface area contributed by atoms with E-state index in [1.807, 2.05) is 25.5 Å². The third-order valence-electron chi connectivity index (χ3n) is 2.21. The van der Waals surface area contributed by atoms with Crippen molar-refractivity contribution in [3.8, 4) is 0 Å². The molecule has 3 N–H and O–H groups in total. The molecule has 2 aromatic heterocycles. The molecule has 0 radical (unpaired) electrons. The minimum atomic E-state index is 0.582. The summed E-state index contributed by atoms with van der Waals surface area (Å²) in [5, 5.41) is 9.61. The van der Waals surface area contributed by atoms with E-state index in [0.717, 1.165) is 16.0 Å². The van der Waals surface area contributed by atoms with Gasteiger partial charge in [0.15, 0.2) is 5.16 Å². The van der Waals surface area contributed by atoms with Gasteiger partial charge in [-0.25, -0.2) is 15.8 Å².